The number of anilines is 1. The zero-order valence-electron chi connectivity index (χ0n) is 18.0. The van der Waals surface area contributed by atoms with E-state index in [1.807, 2.05) is 13.8 Å². The molecular weight excluding hydrogens is 409 g/mol. The van der Waals surface area contributed by atoms with Crippen molar-refractivity contribution < 1.29 is 22.6 Å². The Hall–Kier alpha value is -2.39. The summed E-state index contributed by atoms with van der Waals surface area (Å²) in [6.45, 7) is 7.01. The molecule has 2 atom stereocenters. The lowest BCUT2D eigenvalue weighted by Gasteiger charge is -2.27. The first-order valence-corrected chi connectivity index (χ1v) is 10.3. The number of benzene rings is 1. The summed E-state index contributed by atoms with van der Waals surface area (Å²) in [6, 6.07) is 5.69. The zero-order valence-corrected chi connectivity index (χ0v) is 18.0. The van der Waals surface area contributed by atoms with Gasteiger partial charge in [0, 0.05) is 23.8 Å². The van der Waals surface area contributed by atoms with Gasteiger partial charge in [-0.15, -0.1) is 0 Å². The first-order chi connectivity index (χ1) is 14.5. The molecule has 2 unspecified atom stereocenters. The minimum absolute atomic E-state index is 0.0152. The highest BCUT2D eigenvalue weighted by atomic mass is 19.4. The molecule has 0 saturated carbocycles. The molecule has 0 spiro atoms. The molecule has 2 aromatic rings. The number of hydrogen-bond donors (Lipinski definition) is 2. The Kier molecular flexibility index (Phi) is 7.06. The van der Waals surface area contributed by atoms with Gasteiger partial charge in [-0.3, -0.25) is 0 Å². The number of aromatic nitrogens is 2. The van der Waals surface area contributed by atoms with Gasteiger partial charge in [0.15, 0.2) is 0 Å². The first-order valence-electron chi connectivity index (χ1n) is 10.3. The van der Waals surface area contributed by atoms with Gasteiger partial charge in [0.1, 0.15) is 24.5 Å². The second-order valence-corrected chi connectivity index (χ2v) is 8.74. The highest BCUT2D eigenvalue weighted by molar-refractivity contribution is 5.65. The van der Waals surface area contributed by atoms with E-state index in [1.54, 1.807) is 19.1 Å². The Morgan fingerprint density at radius 1 is 1.26 bits per heavy atom. The van der Waals surface area contributed by atoms with Crippen LogP contribution in [-0.4, -0.2) is 41.4 Å². The molecule has 1 aromatic heterocycles. The summed E-state index contributed by atoms with van der Waals surface area (Å²) in [5.74, 6) is 0.605. The molecule has 0 amide bonds. The quantitative estimate of drug-likeness (QED) is 0.631. The van der Waals surface area contributed by atoms with Crippen molar-refractivity contribution in [2.45, 2.75) is 51.4 Å². The van der Waals surface area contributed by atoms with Crippen LogP contribution in [0.15, 0.2) is 30.6 Å². The molecule has 3 rings (SSSR count). The molecule has 1 aliphatic rings. The van der Waals surface area contributed by atoms with E-state index in [0.29, 0.717) is 42.6 Å². The topological polar surface area (TPSA) is 82.3 Å². The monoisotopic (exact) mass is 438 g/mol. The van der Waals surface area contributed by atoms with E-state index < -0.39 is 17.3 Å². The molecule has 6 nitrogen and oxygen atoms in total. The summed E-state index contributed by atoms with van der Waals surface area (Å²) in [6.07, 6.45) is -1.77. The van der Waals surface area contributed by atoms with Gasteiger partial charge in [0.25, 0.3) is 0 Å². The van der Waals surface area contributed by atoms with Gasteiger partial charge in [-0.2, -0.15) is 13.2 Å². The minimum atomic E-state index is -4.58. The minimum Gasteiger partial charge on any atom is -0.491 e. The second kappa shape index (κ2) is 9.40. The van der Waals surface area contributed by atoms with Crippen molar-refractivity contribution in [1.29, 1.82) is 0 Å². The Labute approximate surface area is 180 Å². The zero-order chi connectivity index (χ0) is 22.6. The van der Waals surface area contributed by atoms with Crippen LogP contribution in [-0.2, 0) is 10.9 Å². The summed E-state index contributed by atoms with van der Waals surface area (Å²) in [7, 11) is 0. The number of alkyl halides is 3. The Balaban J connectivity index is 1.83. The van der Waals surface area contributed by atoms with Crippen molar-refractivity contribution in [1.82, 2.24) is 9.97 Å². The van der Waals surface area contributed by atoms with E-state index in [-0.39, 0.29) is 18.4 Å². The lowest BCUT2D eigenvalue weighted by Crippen LogP contribution is -2.43. The third-order valence-corrected chi connectivity index (χ3v) is 4.96. The molecule has 31 heavy (non-hydrogen) atoms. The number of nitrogens with two attached hydrogens (primary N) is 1. The normalized spacial score (nSPS) is 18.8. The Morgan fingerprint density at radius 3 is 2.68 bits per heavy atom. The largest absolute Gasteiger partial charge is 0.491 e. The van der Waals surface area contributed by atoms with Crippen LogP contribution in [0.1, 0.15) is 39.2 Å². The Bertz CT molecular complexity index is 881. The number of hydrogen-bond acceptors (Lipinski definition) is 6. The van der Waals surface area contributed by atoms with Crippen molar-refractivity contribution in [3.63, 3.8) is 0 Å². The molecule has 1 aromatic carbocycles. The van der Waals surface area contributed by atoms with Crippen LogP contribution < -0.4 is 15.8 Å². The summed E-state index contributed by atoms with van der Waals surface area (Å²) in [5.41, 5.74) is 5.31. The average molecular weight is 438 g/mol. The number of nitrogens with one attached hydrogen (secondary N) is 1. The number of ether oxygens (including phenoxy) is 2. The van der Waals surface area contributed by atoms with Gasteiger partial charge in [0.2, 0.25) is 0 Å². The molecule has 1 fully saturated rings. The lowest BCUT2D eigenvalue weighted by atomic mass is 9.93. The summed E-state index contributed by atoms with van der Waals surface area (Å²) in [5, 5.41) is 3.22. The third-order valence-electron chi connectivity index (χ3n) is 4.96. The van der Waals surface area contributed by atoms with Gasteiger partial charge >= 0.3 is 6.18 Å². The van der Waals surface area contributed by atoms with E-state index in [4.69, 9.17) is 15.2 Å². The molecular formula is C22H29F3N4O2. The van der Waals surface area contributed by atoms with E-state index in [0.717, 1.165) is 12.5 Å². The van der Waals surface area contributed by atoms with Crippen molar-refractivity contribution >= 4 is 5.82 Å². The van der Waals surface area contributed by atoms with Gasteiger partial charge in [-0.25, -0.2) is 9.97 Å². The molecule has 2 heterocycles. The highest BCUT2D eigenvalue weighted by Gasteiger charge is 2.35. The van der Waals surface area contributed by atoms with Crippen molar-refractivity contribution in [2.75, 3.05) is 25.1 Å². The molecule has 170 valence electrons. The third kappa shape index (κ3) is 6.54. The molecule has 1 saturated heterocycles. The number of nitrogens with zero attached hydrogens (tertiary/aromatic N) is 2. The van der Waals surface area contributed by atoms with Crippen molar-refractivity contribution in [3.05, 3.63) is 36.2 Å². The Morgan fingerprint density at radius 2 is 2.03 bits per heavy atom. The maximum atomic E-state index is 13.8. The van der Waals surface area contributed by atoms with Crippen molar-refractivity contribution in [3.8, 4) is 17.0 Å². The molecule has 0 aliphatic carbocycles. The predicted molar refractivity (Wildman–Crippen MR) is 113 cm³/mol. The van der Waals surface area contributed by atoms with E-state index in [1.165, 1.54) is 12.4 Å². The number of rotatable bonds is 8. The fourth-order valence-corrected chi connectivity index (χ4v) is 3.72. The van der Waals surface area contributed by atoms with Gasteiger partial charge in [-0.05, 0) is 43.9 Å². The SMILES string of the molecule is CC(C)CC(C)(N)COc1ccc(-c2cc(NC3CCOC3)ncn2)cc1C(F)(F)F. The maximum absolute atomic E-state index is 13.8. The van der Waals surface area contributed by atoms with E-state index in [2.05, 4.69) is 15.3 Å². The number of halogens is 3. The predicted octanol–water partition coefficient (Wildman–Crippen LogP) is 4.51. The van der Waals surface area contributed by atoms with Crippen LogP contribution >= 0.6 is 0 Å². The summed E-state index contributed by atoms with van der Waals surface area (Å²) in [4.78, 5) is 8.30. The lowest BCUT2D eigenvalue weighted by molar-refractivity contribution is -0.139. The van der Waals surface area contributed by atoms with Gasteiger partial charge in [-0.1, -0.05) is 13.8 Å². The van der Waals surface area contributed by atoms with E-state index >= 15 is 0 Å². The maximum Gasteiger partial charge on any atom is 0.419 e. The van der Waals surface area contributed by atoms with Crippen LogP contribution in [0.5, 0.6) is 5.75 Å². The van der Waals surface area contributed by atoms with Crippen LogP contribution in [0.25, 0.3) is 11.3 Å². The van der Waals surface area contributed by atoms with Crippen molar-refractivity contribution in [2.24, 2.45) is 11.7 Å². The first kappa shape index (κ1) is 23.3. The average Bonchev–Trinajstić information content (AvgIpc) is 3.18. The van der Waals surface area contributed by atoms with Crippen LogP contribution in [0, 0.1) is 5.92 Å². The van der Waals surface area contributed by atoms with Crippen LogP contribution in [0.3, 0.4) is 0 Å². The molecule has 3 N–H and O–H groups in total. The van der Waals surface area contributed by atoms with E-state index in [9.17, 15) is 13.2 Å². The fourth-order valence-electron chi connectivity index (χ4n) is 3.72. The van der Waals surface area contributed by atoms with Gasteiger partial charge < -0.3 is 20.5 Å². The second-order valence-electron chi connectivity index (χ2n) is 8.74. The standard InChI is InChI=1S/C22H29F3N4O2/c1-14(2)10-21(3,26)12-31-19-5-4-15(8-17(19)22(23,24)25)18-9-20(28-13-27-18)29-16-6-7-30-11-16/h4-5,8-9,13-14,16H,6-7,10-12,26H2,1-3H3,(H,27,28,29). The van der Waals surface area contributed by atoms with Gasteiger partial charge in [0.05, 0.1) is 23.9 Å². The molecule has 1 aliphatic heterocycles. The van der Waals surface area contributed by atoms with Crippen LogP contribution in [0.4, 0.5) is 19.0 Å². The fraction of sp³-hybridized carbons (Fsp3) is 0.545. The van der Waals surface area contributed by atoms with Crippen LogP contribution in [0.2, 0.25) is 0 Å². The molecule has 9 heteroatoms. The molecule has 0 bridgehead atoms. The summed E-state index contributed by atoms with van der Waals surface area (Å²) < 4.78 is 52.1. The molecule has 0 radical (unpaired) electrons. The smallest absolute Gasteiger partial charge is 0.419 e. The highest BCUT2D eigenvalue weighted by Crippen LogP contribution is 2.39. The summed E-state index contributed by atoms with van der Waals surface area (Å²) >= 11 is 0.